The summed E-state index contributed by atoms with van der Waals surface area (Å²) in [6.45, 7) is 2.59. The maximum absolute atomic E-state index is 5.77. The van der Waals surface area contributed by atoms with Crippen LogP contribution in [0.15, 0.2) is 90.6 Å². The Morgan fingerprint density at radius 1 is 0.806 bits per heavy atom. The Labute approximate surface area is 185 Å². The van der Waals surface area contributed by atoms with Gasteiger partial charge >= 0.3 is 0 Å². The number of benzene rings is 3. The highest BCUT2D eigenvalue weighted by atomic mass is 32.1. The number of fused-ring (bicyclic) bond motifs is 1. The van der Waals surface area contributed by atoms with Crippen molar-refractivity contribution >= 4 is 33.1 Å². The van der Waals surface area contributed by atoms with Crippen LogP contribution in [0.3, 0.4) is 0 Å². The van der Waals surface area contributed by atoms with Gasteiger partial charge in [0.15, 0.2) is 0 Å². The number of para-hydroxylation sites is 2. The van der Waals surface area contributed by atoms with Crippen LogP contribution in [0, 0.1) is 0 Å². The van der Waals surface area contributed by atoms with E-state index < -0.39 is 0 Å². The van der Waals surface area contributed by atoms with Gasteiger partial charge in [0.25, 0.3) is 0 Å². The van der Waals surface area contributed by atoms with E-state index in [-0.39, 0.29) is 0 Å². The van der Waals surface area contributed by atoms with Crippen molar-refractivity contribution in [3.63, 3.8) is 0 Å². The van der Waals surface area contributed by atoms with Gasteiger partial charge in [0.05, 0.1) is 17.7 Å². The smallest absolute Gasteiger partial charge is 0.143 e. The van der Waals surface area contributed by atoms with Crippen molar-refractivity contribution < 1.29 is 4.74 Å². The zero-order valence-corrected chi connectivity index (χ0v) is 17.9. The molecule has 0 bridgehead atoms. The Kier molecular flexibility index (Phi) is 5.33. The first-order chi connectivity index (χ1) is 15.3. The first kappa shape index (κ1) is 19.3. The number of ether oxygens (including phenoxy) is 1. The van der Waals surface area contributed by atoms with Crippen molar-refractivity contribution in [2.24, 2.45) is 0 Å². The topological polar surface area (TPSA) is 47.0 Å². The minimum atomic E-state index is 0.606. The number of hydrogen-bond acceptors (Lipinski definition) is 5. The summed E-state index contributed by atoms with van der Waals surface area (Å²) in [5.41, 5.74) is 5.56. The van der Waals surface area contributed by atoms with Crippen molar-refractivity contribution in [2.75, 3.05) is 11.9 Å². The first-order valence-corrected chi connectivity index (χ1v) is 11.1. The monoisotopic (exact) mass is 423 g/mol. The summed E-state index contributed by atoms with van der Waals surface area (Å²) in [6, 6.07) is 27.0. The summed E-state index contributed by atoms with van der Waals surface area (Å²) in [7, 11) is 0. The largest absolute Gasteiger partial charge is 0.492 e. The molecule has 4 nitrogen and oxygen atoms in total. The molecule has 0 radical (unpaired) electrons. The third-order valence-electron chi connectivity index (χ3n) is 5.11. The minimum absolute atomic E-state index is 0.606. The molecule has 0 fully saturated rings. The molecule has 5 heteroatoms. The Morgan fingerprint density at radius 3 is 2.32 bits per heavy atom. The fourth-order valence-electron chi connectivity index (χ4n) is 3.63. The van der Waals surface area contributed by atoms with Gasteiger partial charge in [0, 0.05) is 10.9 Å². The van der Waals surface area contributed by atoms with Crippen molar-refractivity contribution in [1.29, 1.82) is 0 Å². The maximum Gasteiger partial charge on any atom is 0.143 e. The summed E-state index contributed by atoms with van der Waals surface area (Å²) in [5.74, 6) is 1.58. The zero-order chi connectivity index (χ0) is 21.0. The number of rotatable bonds is 6. The zero-order valence-electron chi connectivity index (χ0n) is 17.1. The highest BCUT2D eigenvalue weighted by Gasteiger charge is 2.15. The predicted octanol–water partition coefficient (Wildman–Crippen LogP) is 7.17. The molecule has 31 heavy (non-hydrogen) atoms. The second-order valence-corrected chi connectivity index (χ2v) is 7.91. The van der Waals surface area contributed by atoms with Gasteiger partial charge in [0.1, 0.15) is 22.7 Å². The Balaban J connectivity index is 1.54. The Bertz CT molecular complexity index is 1310. The van der Waals surface area contributed by atoms with Crippen LogP contribution < -0.4 is 10.1 Å². The van der Waals surface area contributed by atoms with E-state index in [1.54, 1.807) is 17.7 Å². The summed E-state index contributed by atoms with van der Waals surface area (Å²) < 4.78 is 5.77. The molecule has 0 aliphatic heterocycles. The molecule has 3 aromatic carbocycles. The van der Waals surface area contributed by atoms with Crippen molar-refractivity contribution in [3.8, 4) is 28.0 Å². The molecule has 0 amide bonds. The van der Waals surface area contributed by atoms with Gasteiger partial charge in [-0.25, -0.2) is 9.97 Å². The molecular weight excluding hydrogens is 402 g/mol. The lowest BCUT2D eigenvalue weighted by Crippen LogP contribution is -2.00. The number of nitrogens with one attached hydrogen (secondary N) is 1. The van der Waals surface area contributed by atoms with Crippen LogP contribution in [0.4, 0.5) is 11.5 Å². The molecule has 0 spiro atoms. The highest BCUT2D eigenvalue weighted by Crippen LogP contribution is 2.39. The van der Waals surface area contributed by atoms with E-state index in [0.717, 1.165) is 38.6 Å². The molecule has 1 N–H and O–H groups in total. The van der Waals surface area contributed by atoms with E-state index >= 15 is 0 Å². The highest BCUT2D eigenvalue weighted by molar-refractivity contribution is 7.17. The lowest BCUT2D eigenvalue weighted by Gasteiger charge is -2.13. The predicted molar refractivity (Wildman–Crippen MR) is 129 cm³/mol. The molecule has 5 rings (SSSR count). The van der Waals surface area contributed by atoms with Gasteiger partial charge in [-0.1, -0.05) is 66.7 Å². The van der Waals surface area contributed by atoms with Crippen LogP contribution in [-0.2, 0) is 0 Å². The lowest BCUT2D eigenvalue weighted by atomic mass is 10.0. The van der Waals surface area contributed by atoms with Crippen molar-refractivity contribution in [1.82, 2.24) is 9.97 Å². The number of aromatic nitrogens is 2. The van der Waals surface area contributed by atoms with Gasteiger partial charge in [-0.3, -0.25) is 0 Å². The van der Waals surface area contributed by atoms with Gasteiger partial charge in [0.2, 0.25) is 0 Å². The van der Waals surface area contributed by atoms with E-state index in [4.69, 9.17) is 4.74 Å². The van der Waals surface area contributed by atoms with Gasteiger partial charge in [-0.05, 0) is 35.7 Å². The van der Waals surface area contributed by atoms with Crippen LogP contribution >= 0.6 is 11.3 Å². The average molecular weight is 424 g/mol. The van der Waals surface area contributed by atoms with Gasteiger partial charge in [-0.2, -0.15) is 0 Å². The fourth-order valence-corrected chi connectivity index (χ4v) is 4.55. The molecule has 152 valence electrons. The summed E-state index contributed by atoms with van der Waals surface area (Å²) in [5, 5.41) is 6.63. The number of thiophene rings is 1. The van der Waals surface area contributed by atoms with E-state index in [9.17, 15) is 0 Å². The molecule has 0 saturated carbocycles. The molecule has 2 heterocycles. The van der Waals surface area contributed by atoms with E-state index in [2.05, 4.69) is 69.2 Å². The average Bonchev–Trinajstić information content (AvgIpc) is 3.26. The summed E-state index contributed by atoms with van der Waals surface area (Å²) >= 11 is 1.63. The number of anilines is 2. The molecule has 0 aliphatic rings. The minimum Gasteiger partial charge on any atom is -0.492 e. The standard InChI is InChI=1S/C26H21N3OS/c1-2-30-23-11-7-6-10-22(23)29-25-24-21(16-31-26(24)28-17-27-25)20-14-12-19(13-15-20)18-8-4-3-5-9-18/h3-17H,2H2,1H3,(H,27,28,29). The second kappa shape index (κ2) is 8.58. The molecule has 0 aliphatic carbocycles. The summed E-state index contributed by atoms with van der Waals surface area (Å²) in [4.78, 5) is 10.00. The van der Waals surface area contributed by atoms with Gasteiger partial charge in [-0.15, -0.1) is 11.3 Å². The number of hydrogen-bond donors (Lipinski definition) is 1. The molecular formula is C26H21N3OS. The van der Waals surface area contributed by atoms with Gasteiger partial charge < -0.3 is 10.1 Å². The third-order valence-corrected chi connectivity index (χ3v) is 6.00. The van der Waals surface area contributed by atoms with E-state index in [1.807, 2.05) is 37.3 Å². The van der Waals surface area contributed by atoms with Crippen LogP contribution in [-0.4, -0.2) is 16.6 Å². The molecule has 0 unspecified atom stereocenters. The normalized spacial score (nSPS) is 10.9. The van der Waals surface area contributed by atoms with Crippen LogP contribution in [0.2, 0.25) is 0 Å². The van der Waals surface area contributed by atoms with E-state index in [0.29, 0.717) is 6.61 Å². The SMILES string of the molecule is CCOc1ccccc1Nc1ncnc2scc(-c3ccc(-c4ccccc4)cc3)c12. The maximum atomic E-state index is 5.77. The molecule has 0 atom stereocenters. The number of nitrogens with zero attached hydrogens (tertiary/aromatic N) is 2. The van der Waals surface area contributed by atoms with Crippen molar-refractivity contribution in [3.05, 3.63) is 90.6 Å². The Hall–Kier alpha value is -3.70. The van der Waals surface area contributed by atoms with Crippen molar-refractivity contribution in [2.45, 2.75) is 6.92 Å². The Morgan fingerprint density at radius 2 is 1.52 bits per heavy atom. The summed E-state index contributed by atoms with van der Waals surface area (Å²) in [6.07, 6.45) is 1.60. The fraction of sp³-hybridized carbons (Fsp3) is 0.0769. The molecule has 5 aromatic rings. The van der Waals surface area contributed by atoms with Crippen LogP contribution in [0.25, 0.3) is 32.5 Å². The second-order valence-electron chi connectivity index (χ2n) is 7.05. The first-order valence-electron chi connectivity index (χ1n) is 10.2. The molecule has 2 aromatic heterocycles. The third kappa shape index (κ3) is 3.88. The van der Waals surface area contributed by atoms with Crippen LogP contribution in [0.5, 0.6) is 5.75 Å². The quantitative estimate of drug-likeness (QED) is 0.314. The van der Waals surface area contributed by atoms with E-state index in [1.165, 1.54) is 11.1 Å². The lowest BCUT2D eigenvalue weighted by molar-refractivity contribution is 0.342. The van der Waals surface area contributed by atoms with Crippen LogP contribution in [0.1, 0.15) is 6.92 Å². The molecule has 0 saturated heterocycles.